The van der Waals surface area contributed by atoms with Crippen molar-refractivity contribution in [1.82, 2.24) is 0 Å². The van der Waals surface area contributed by atoms with Gasteiger partial charge in [0.25, 0.3) is 0 Å². The molecule has 0 aliphatic heterocycles. The summed E-state index contributed by atoms with van der Waals surface area (Å²) in [6, 6.07) is 18.4. The third-order valence-electron chi connectivity index (χ3n) is 3.00. The Balaban J connectivity index is 2.56. The van der Waals surface area contributed by atoms with Gasteiger partial charge in [0.1, 0.15) is 0 Å². The molecule has 0 radical (unpaired) electrons. The highest BCUT2D eigenvalue weighted by Gasteiger charge is 2.04. The van der Waals surface area contributed by atoms with Crippen LogP contribution in [0.4, 0.5) is 0 Å². The lowest BCUT2D eigenvalue weighted by atomic mass is 9.97. The highest BCUT2D eigenvalue weighted by Crippen LogP contribution is 2.27. The molecule has 0 aliphatic carbocycles. The molecular formula is C15H11NO. The minimum Gasteiger partial charge on any atom is -0.411 e. The van der Waals surface area contributed by atoms with E-state index in [2.05, 4.69) is 23.4 Å². The van der Waals surface area contributed by atoms with E-state index in [1.165, 1.54) is 6.21 Å². The zero-order valence-corrected chi connectivity index (χ0v) is 9.17. The fraction of sp³-hybridized carbons (Fsp3) is 0. The molecule has 82 valence electrons. The minimum absolute atomic E-state index is 0.959. The molecule has 17 heavy (non-hydrogen) atoms. The van der Waals surface area contributed by atoms with Gasteiger partial charge in [-0.15, -0.1) is 0 Å². The molecule has 2 heteroatoms. The summed E-state index contributed by atoms with van der Waals surface area (Å²) in [5.74, 6) is 0. The molecule has 0 aliphatic rings. The average molecular weight is 221 g/mol. The highest BCUT2D eigenvalue weighted by atomic mass is 16.4. The van der Waals surface area contributed by atoms with Gasteiger partial charge >= 0.3 is 0 Å². The zero-order valence-electron chi connectivity index (χ0n) is 9.17. The Hall–Kier alpha value is -2.35. The summed E-state index contributed by atoms with van der Waals surface area (Å²) < 4.78 is 0. The van der Waals surface area contributed by atoms with Crippen LogP contribution in [0, 0.1) is 0 Å². The van der Waals surface area contributed by atoms with E-state index in [1.807, 2.05) is 36.4 Å². The van der Waals surface area contributed by atoms with Gasteiger partial charge in [0.2, 0.25) is 0 Å². The maximum atomic E-state index is 8.81. The van der Waals surface area contributed by atoms with E-state index in [1.54, 1.807) is 0 Å². The molecule has 3 aromatic carbocycles. The summed E-state index contributed by atoms with van der Waals surface area (Å²) in [5, 5.41) is 16.5. The maximum absolute atomic E-state index is 8.81. The molecule has 0 saturated heterocycles. The van der Waals surface area contributed by atoms with E-state index in [0.717, 1.165) is 27.1 Å². The summed E-state index contributed by atoms with van der Waals surface area (Å²) in [5.41, 5.74) is 0.959. The van der Waals surface area contributed by atoms with E-state index in [4.69, 9.17) is 5.21 Å². The Bertz CT molecular complexity index is 662. The molecule has 0 spiro atoms. The van der Waals surface area contributed by atoms with Gasteiger partial charge in [-0.1, -0.05) is 53.7 Å². The van der Waals surface area contributed by atoms with Crippen LogP contribution in [0.1, 0.15) is 5.56 Å². The monoisotopic (exact) mass is 221 g/mol. The van der Waals surface area contributed by atoms with Crippen LogP contribution in [-0.4, -0.2) is 11.4 Å². The molecule has 0 atom stereocenters. The molecule has 3 aromatic rings. The second kappa shape index (κ2) is 3.91. The number of hydrogen-bond acceptors (Lipinski definition) is 2. The summed E-state index contributed by atoms with van der Waals surface area (Å²) >= 11 is 0. The summed E-state index contributed by atoms with van der Waals surface area (Å²) in [6.45, 7) is 0. The van der Waals surface area contributed by atoms with Gasteiger partial charge in [0, 0.05) is 5.56 Å². The third-order valence-corrected chi connectivity index (χ3v) is 3.00. The van der Waals surface area contributed by atoms with Crippen molar-refractivity contribution in [2.24, 2.45) is 5.16 Å². The van der Waals surface area contributed by atoms with Gasteiger partial charge in [-0.05, 0) is 27.6 Å². The Morgan fingerprint density at radius 3 is 1.88 bits per heavy atom. The Labute approximate surface area is 98.8 Å². The Morgan fingerprint density at radius 2 is 1.35 bits per heavy atom. The van der Waals surface area contributed by atoms with Crippen LogP contribution in [-0.2, 0) is 0 Å². The molecule has 0 unspecified atom stereocenters. The molecule has 0 fully saturated rings. The van der Waals surface area contributed by atoms with Gasteiger partial charge in [0.15, 0.2) is 0 Å². The van der Waals surface area contributed by atoms with Gasteiger partial charge in [-0.25, -0.2) is 0 Å². The smallest absolute Gasteiger partial charge is 0.0746 e. The van der Waals surface area contributed by atoms with Crippen LogP contribution >= 0.6 is 0 Å². The van der Waals surface area contributed by atoms with Crippen molar-refractivity contribution in [3.05, 3.63) is 60.2 Å². The number of fused-ring (bicyclic) bond motifs is 2. The number of nitrogens with zero attached hydrogens (tertiary/aromatic N) is 1. The quantitative estimate of drug-likeness (QED) is 0.288. The summed E-state index contributed by atoms with van der Waals surface area (Å²) in [6.07, 6.45) is 1.50. The highest BCUT2D eigenvalue weighted by molar-refractivity contribution is 6.13. The van der Waals surface area contributed by atoms with Crippen molar-refractivity contribution in [3.63, 3.8) is 0 Å². The third kappa shape index (κ3) is 1.54. The van der Waals surface area contributed by atoms with Gasteiger partial charge in [-0.3, -0.25) is 0 Å². The molecule has 3 rings (SSSR count). The molecule has 0 bridgehead atoms. The average Bonchev–Trinajstić information content (AvgIpc) is 2.39. The molecule has 0 saturated carbocycles. The Kier molecular flexibility index (Phi) is 2.26. The fourth-order valence-electron chi connectivity index (χ4n) is 2.25. The van der Waals surface area contributed by atoms with Crippen molar-refractivity contribution < 1.29 is 5.21 Å². The molecule has 1 N–H and O–H groups in total. The van der Waals surface area contributed by atoms with Crippen LogP contribution < -0.4 is 0 Å². The van der Waals surface area contributed by atoms with Gasteiger partial charge < -0.3 is 5.21 Å². The lowest BCUT2D eigenvalue weighted by Gasteiger charge is -2.06. The largest absolute Gasteiger partial charge is 0.411 e. The SMILES string of the molecule is ON=Cc1c2ccccc2cc2ccccc12. The molecule has 0 heterocycles. The molecule has 0 aromatic heterocycles. The molecule has 0 amide bonds. The van der Waals surface area contributed by atoms with Crippen LogP contribution in [0.25, 0.3) is 21.5 Å². The topological polar surface area (TPSA) is 32.6 Å². The maximum Gasteiger partial charge on any atom is 0.0746 e. The summed E-state index contributed by atoms with van der Waals surface area (Å²) in [7, 11) is 0. The lowest BCUT2D eigenvalue weighted by molar-refractivity contribution is 0.322. The second-order valence-electron chi connectivity index (χ2n) is 3.98. The van der Waals surface area contributed by atoms with E-state index < -0.39 is 0 Å². The zero-order chi connectivity index (χ0) is 11.7. The van der Waals surface area contributed by atoms with Crippen LogP contribution in [0.2, 0.25) is 0 Å². The van der Waals surface area contributed by atoms with E-state index >= 15 is 0 Å². The number of rotatable bonds is 1. The number of benzene rings is 3. The first-order chi connectivity index (χ1) is 8.40. The molecule has 2 nitrogen and oxygen atoms in total. The van der Waals surface area contributed by atoms with Crippen molar-refractivity contribution in [2.45, 2.75) is 0 Å². The number of oxime groups is 1. The summed E-state index contributed by atoms with van der Waals surface area (Å²) in [4.78, 5) is 0. The first-order valence-corrected chi connectivity index (χ1v) is 5.48. The fourth-order valence-corrected chi connectivity index (χ4v) is 2.25. The first kappa shape index (κ1) is 9.85. The minimum atomic E-state index is 0.959. The first-order valence-electron chi connectivity index (χ1n) is 5.48. The van der Waals surface area contributed by atoms with Gasteiger partial charge in [0.05, 0.1) is 6.21 Å². The second-order valence-corrected chi connectivity index (χ2v) is 3.98. The van der Waals surface area contributed by atoms with Gasteiger partial charge in [-0.2, -0.15) is 0 Å². The standard InChI is InChI=1S/C15H11NO/c17-16-10-15-13-7-3-1-5-11(13)9-12-6-2-4-8-14(12)15/h1-10,17H. The Morgan fingerprint density at radius 1 is 0.824 bits per heavy atom. The normalized spacial score (nSPS) is 11.5. The lowest BCUT2D eigenvalue weighted by Crippen LogP contribution is -1.87. The van der Waals surface area contributed by atoms with Crippen molar-refractivity contribution in [1.29, 1.82) is 0 Å². The van der Waals surface area contributed by atoms with E-state index in [-0.39, 0.29) is 0 Å². The van der Waals surface area contributed by atoms with Crippen LogP contribution in [0.3, 0.4) is 0 Å². The van der Waals surface area contributed by atoms with Crippen LogP contribution in [0.15, 0.2) is 59.8 Å². The van der Waals surface area contributed by atoms with Crippen molar-refractivity contribution >= 4 is 27.8 Å². The molecular weight excluding hydrogens is 210 g/mol. The van der Waals surface area contributed by atoms with E-state index in [9.17, 15) is 0 Å². The van der Waals surface area contributed by atoms with E-state index in [0.29, 0.717) is 0 Å². The van der Waals surface area contributed by atoms with Crippen molar-refractivity contribution in [2.75, 3.05) is 0 Å². The predicted octanol–water partition coefficient (Wildman–Crippen LogP) is 3.80. The van der Waals surface area contributed by atoms with Crippen molar-refractivity contribution in [3.8, 4) is 0 Å². The van der Waals surface area contributed by atoms with Crippen LogP contribution in [0.5, 0.6) is 0 Å². The number of hydrogen-bond donors (Lipinski definition) is 1. The predicted molar refractivity (Wildman–Crippen MR) is 70.8 cm³/mol.